The lowest BCUT2D eigenvalue weighted by Gasteiger charge is -2.19. The van der Waals surface area contributed by atoms with Crippen LogP contribution in [0.5, 0.6) is 5.75 Å². The van der Waals surface area contributed by atoms with E-state index >= 15 is 0 Å². The lowest BCUT2D eigenvalue weighted by Crippen LogP contribution is -2.09. The van der Waals surface area contributed by atoms with Gasteiger partial charge in [0.15, 0.2) is 0 Å². The maximum Gasteiger partial charge on any atom is 0.124 e. The van der Waals surface area contributed by atoms with Crippen molar-refractivity contribution in [3.8, 4) is 11.8 Å². The van der Waals surface area contributed by atoms with Gasteiger partial charge in [-0.25, -0.2) is 0 Å². The van der Waals surface area contributed by atoms with Crippen LogP contribution in [0.2, 0.25) is 0 Å². The Bertz CT molecular complexity index is 644. The number of ether oxygens (including phenoxy) is 1. The molecular formula is C17H18N2O. The minimum Gasteiger partial charge on any atom is -0.496 e. The number of para-hydroxylation sites is 1. The zero-order valence-electron chi connectivity index (χ0n) is 12.0. The number of nitrogens with zero attached hydrogens (tertiary/aromatic N) is 1. The topological polar surface area (TPSA) is 45.0 Å². The molecule has 2 aromatic rings. The molecule has 0 aliphatic carbocycles. The molecule has 0 aromatic heterocycles. The quantitative estimate of drug-likeness (QED) is 0.908. The molecule has 102 valence electrons. The number of nitriles is 1. The zero-order chi connectivity index (χ0) is 14.5. The van der Waals surface area contributed by atoms with Gasteiger partial charge in [0.1, 0.15) is 11.8 Å². The molecule has 1 unspecified atom stereocenters. The van der Waals surface area contributed by atoms with Gasteiger partial charge in [0.2, 0.25) is 0 Å². The van der Waals surface area contributed by atoms with Gasteiger partial charge >= 0.3 is 0 Å². The summed E-state index contributed by atoms with van der Waals surface area (Å²) in [6.07, 6.45) is 0. The molecule has 2 aromatic carbocycles. The minimum atomic E-state index is 0.0556. The van der Waals surface area contributed by atoms with Crippen molar-refractivity contribution < 1.29 is 4.74 Å². The predicted molar refractivity (Wildman–Crippen MR) is 80.9 cm³/mol. The normalized spacial score (nSPS) is 11.5. The highest BCUT2D eigenvalue weighted by Crippen LogP contribution is 2.29. The van der Waals surface area contributed by atoms with Crippen molar-refractivity contribution >= 4 is 5.69 Å². The first-order chi connectivity index (χ1) is 9.65. The van der Waals surface area contributed by atoms with Gasteiger partial charge in [0.05, 0.1) is 24.4 Å². The second-order valence-corrected chi connectivity index (χ2v) is 4.77. The average molecular weight is 266 g/mol. The van der Waals surface area contributed by atoms with Crippen LogP contribution in [0.1, 0.15) is 29.7 Å². The van der Waals surface area contributed by atoms with E-state index in [2.05, 4.69) is 30.4 Å². The largest absolute Gasteiger partial charge is 0.496 e. The Balaban J connectivity index is 2.29. The Morgan fingerprint density at radius 1 is 1.20 bits per heavy atom. The van der Waals surface area contributed by atoms with E-state index in [9.17, 15) is 0 Å². The van der Waals surface area contributed by atoms with E-state index in [-0.39, 0.29) is 6.04 Å². The van der Waals surface area contributed by atoms with Crippen LogP contribution in [-0.2, 0) is 0 Å². The maximum atomic E-state index is 9.12. The molecule has 0 heterocycles. The van der Waals surface area contributed by atoms with Crippen molar-refractivity contribution in [2.24, 2.45) is 0 Å². The number of rotatable bonds is 4. The molecule has 3 heteroatoms. The highest BCUT2D eigenvalue weighted by atomic mass is 16.5. The molecular weight excluding hydrogens is 248 g/mol. The summed E-state index contributed by atoms with van der Waals surface area (Å²) in [5.41, 5.74) is 3.72. The molecule has 0 amide bonds. The van der Waals surface area contributed by atoms with Crippen molar-refractivity contribution in [2.45, 2.75) is 19.9 Å². The second kappa shape index (κ2) is 6.12. The fourth-order valence-corrected chi connectivity index (χ4v) is 2.19. The molecule has 20 heavy (non-hydrogen) atoms. The third-order valence-corrected chi connectivity index (χ3v) is 3.28. The standard InChI is InChI=1S/C17H18N2O/c1-12-8-9-15(17(10-12)20-3)13(2)19-16-7-5-4-6-14(16)11-18/h4-10,13,19H,1-3H3. The Kier molecular flexibility index (Phi) is 4.27. The summed E-state index contributed by atoms with van der Waals surface area (Å²) in [5.74, 6) is 0.861. The van der Waals surface area contributed by atoms with Crippen molar-refractivity contribution in [1.29, 1.82) is 5.26 Å². The smallest absolute Gasteiger partial charge is 0.124 e. The van der Waals surface area contributed by atoms with Gasteiger partial charge in [-0.15, -0.1) is 0 Å². The summed E-state index contributed by atoms with van der Waals surface area (Å²) >= 11 is 0. The summed E-state index contributed by atoms with van der Waals surface area (Å²) in [5, 5.41) is 12.5. The molecule has 0 aliphatic heterocycles. The predicted octanol–water partition coefficient (Wildman–Crippen LogP) is 4.05. The third-order valence-electron chi connectivity index (χ3n) is 3.28. The van der Waals surface area contributed by atoms with Crippen LogP contribution in [-0.4, -0.2) is 7.11 Å². The summed E-state index contributed by atoms with van der Waals surface area (Å²) < 4.78 is 5.44. The van der Waals surface area contributed by atoms with Crippen LogP contribution in [0, 0.1) is 18.3 Å². The van der Waals surface area contributed by atoms with Crippen LogP contribution >= 0.6 is 0 Å². The van der Waals surface area contributed by atoms with Gasteiger partial charge in [-0.05, 0) is 37.6 Å². The van der Waals surface area contributed by atoms with Crippen LogP contribution in [0.3, 0.4) is 0 Å². The SMILES string of the molecule is COc1cc(C)ccc1C(C)Nc1ccccc1C#N. The molecule has 2 rings (SSSR count). The molecule has 1 atom stereocenters. The number of methoxy groups -OCH3 is 1. The fraction of sp³-hybridized carbons (Fsp3) is 0.235. The van der Waals surface area contributed by atoms with Crippen molar-refractivity contribution in [2.75, 3.05) is 12.4 Å². The van der Waals surface area contributed by atoms with Crippen LogP contribution in [0.15, 0.2) is 42.5 Å². The second-order valence-electron chi connectivity index (χ2n) is 4.77. The van der Waals surface area contributed by atoms with E-state index in [1.165, 1.54) is 0 Å². The lowest BCUT2D eigenvalue weighted by molar-refractivity contribution is 0.407. The molecule has 0 bridgehead atoms. The van der Waals surface area contributed by atoms with Gasteiger partial charge in [0, 0.05) is 5.56 Å². The van der Waals surface area contributed by atoms with E-state index in [0.29, 0.717) is 5.56 Å². The summed E-state index contributed by atoms with van der Waals surface area (Å²) in [7, 11) is 1.67. The van der Waals surface area contributed by atoms with E-state index in [4.69, 9.17) is 10.00 Å². The van der Waals surface area contributed by atoms with Gasteiger partial charge < -0.3 is 10.1 Å². The Morgan fingerprint density at radius 2 is 1.95 bits per heavy atom. The highest BCUT2D eigenvalue weighted by molar-refractivity contribution is 5.58. The van der Waals surface area contributed by atoms with Gasteiger partial charge in [-0.3, -0.25) is 0 Å². The number of benzene rings is 2. The summed E-state index contributed by atoms with van der Waals surface area (Å²) in [4.78, 5) is 0. The molecule has 1 N–H and O–H groups in total. The first-order valence-corrected chi connectivity index (χ1v) is 6.56. The first kappa shape index (κ1) is 14.0. The molecule has 0 fully saturated rings. The third kappa shape index (κ3) is 2.92. The Morgan fingerprint density at radius 3 is 2.65 bits per heavy atom. The number of hydrogen-bond donors (Lipinski definition) is 1. The van der Waals surface area contributed by atoms with Crippen molar-refractivity contribution in [3.63, 3.8) is 0 Å². The molecule has 0 radical (unpaired) electrons. The van der Waals surface area contributed by atoms with Crippen LogP contribution in [0.4, 0.5) is 5.69 Å². The number of hydrogen-bond acceptors (Lipinski definition) is 3. The lowest BCUT2D eigenvalue weighted by atomic mass is 10.0. The highest BCUT2D eigenvalue weighted by Gasteiger charge is 2.12. The van der Waals surface area contributed by atoms with Crippen molar-refractivity contribution in [1.82, 2.24) is 0 Å². The monoisotopic (exact) mass is 266 g/mol. The molecule has 0 saturated carbocycles. The van der Waals surface area contributed by atoms with E-state index in [1.54, 1.807) is 13.2 Å². The molecule has 3 nitrogen and oxygen atoms in total. The molecule has 0 saturated heterocycles. The fourth-order valence-electron chi connectivity index (χ4n) is 2.19. The number of aryl methyl sites for hydroxylation is 1. The van der Waals surface area contributed by atoms with Crippen LogP contribution < -0.4 is 10.1 Å². The maximum absolute atomic E-state index is 9.12. The summed E-state index contributed by atoms with van der Waals surface area (Å²) in [6.45, 7) is 4.09. The van der Waals surface area contributed by atoms with Crippen LogP contribution in [0.25, 0.3) is 0 Å². The average Bonchev–Trinajstić information content (AvgIpc) is 2.47. The number of nitrogens with one attached hydrogen (secondary N) is 1. The van der Waals surface area contributed by atoms with Gasteiger partial charge in [0.25, 0.3) is 0 Å². The van der Waals surface area contributed by atoms with E-state index in [1.807, 2.05) is 31.2 Å². The van der Waals surface area contributed by atoms with E-state index < -0.39 is 0 Å². The molecule has 0 aliphatic rings. The first-order valence-electron chi connectivity index (χ1n) is 6.56. The number of anilines is 1. The van der Waals surface area contributed by atoms with E-state index in [0.717, 1.165) is 22.6 Å². The van der Waals surface area contributed by atoms with Gasteiger partial charge in [-0.2, -0.15) is 5.26 Å². The summed E-state index contributed by atoms with van der Waals surface area (Å²) in [6, 6.07) is 15.9. The zero-order valence-corrected chi connectivity index (χ0v) is 12.0. The van der Waals surface area contributed by atoms with Gasteiger partial charge in [-0.1, -0.05) is 24.3 Å². The Labute approximate surface area is 119 Å². The Hall–Kier alpha value is -2.47. The van der Waals surface area contributed by atoms with Crippen molar-refractivity contribution in [3.05, 3.63) is 59.2 Å². The molecule has 0 spiro atoms. The minimum absolute atomic E-state index is 0.0556.